The minimum Gasteiger partial charge on any atom is -0.326 e. The molecule has 0 saturated carbocycles. The highest BCUT2D eigenvalue weighted by molar-refractivity contribution is 7.89. The second-order valence-corrected chi connectivity index (χ2v) is 7.69. The van der Waals surface area contributed by atoms with Crippen molar-refractivity contribution in [2.24, 2.45) is 0 Å². The van der Waals surface area contributed by atoms with E-state index in [4.69, 9.17) is 0 Å². The summed E-state index contributed by atoms with van der Waals surface area (Å²) < 4.78 is 65.5. The van der Waals surface area contributed by atoms with Crippen molar-refractivity contribution >= 4 is 15.9 Å². The largest absolute Gasteiger partial charge is 0.406 e. The van der Waals surface area contributed by atoms with Gasteiger partial charge in [0.25, 0.3) is 5.91 Å². The van der Waals surface area contributed by atoms with Crippen LogP contribution in [0.4, 0.5) is 13.2 Å². The molecule has 0 spiro atoms. The Balaban J connectivity index is 2.21. The molecule has 0 aliphatic heterocycles. The molecule has 2 rings (SSSR count). The lowest BCUT2D eigenvalue weighted by Gasteiger charge is -2.22. The van der Waals surface area contributed by atoms with Crippen molar-refractivity contribution in [2.75, 3.05) is 13.1 Å². The number of carbonyl (C=O) groups excluding carboxylic acids is 1. The minimum absolute atomic E-state index is 0.0397. The zero-order valence-electron chi connectivity index (χ0n) is 14.8. The van der Waals surface area contributed by atoms with Gasteiger partial charge in [0.1, 0.15) is 6.54 Å². The summed E-state index contributed by atoms with van der Waals surface area (Å²) in [4.78, 5) is 12.8. The molecule has 150 valence electrons. The molecule has 1 amide bonds. The molecule has 9 heteroatoms. The number of nitrogens with zero attached hydrogens (tertiary/aromatic N) is 1. The number of halogens is 3. The highest BCUT2D eigenvalue weighted by atomic mass is 32.2. The van der Waals surface area contributed by atoms with Crippen LogP contribution in [0.25, 0.3) is 0 Å². The fraction of sp³-hybridized carbons (Fsp3) is 0.211. The number of amides is 1. The summed E-state index contributed by atoms with van der Waals surface area (Å²) >= 11 is 0. The van der Waals surface area contributed by atoms with Crippen LogP contribution in [0.2, 0.25) is 0 Å². The average molecular weight is 412 g/mol. The topological polar surface area (TPSA) is 66.5 Å². The van der Waals surface area contributed by atoms with Gasteiger partial charge in [-0.25, -0.2) is 13.1 Å². The van der Waals surface area contributed by atoms with Gasteiger partial charge in [-0.2, -0.15) is 13.2 Å². The zero-order chi connectivity index (χ0) is 20.8. The van der Waals surface area contributed by atoms with E-state index in [0.717, 1.165) is 11.6 Å². The van der Waals surface area contributed by atoms with Crippen LogP contribution in [-0.4, -0.2) is 38.5 Å². The van der Waals surface area contributed by atoms with Crippen molar-refractivity contribution < 1.29 is 26.4 Å². The molecule has 0 bridgehead atoms. The van der Waals surface area contributed by atoms with Gasteiger partial charge < -0.3 is 4.90 Å². The van der Waals surface area contributed by atoms with Crippen molar-refractivity contribution in [2.45, 2.75) is 17.6 Å². The molecule has 0 atom stereocenters. The maximum Gasteiger partial charge on any atom is 0.406 e. The fourth-order valence-corrected chi connectivity index (χ4v) is 3.49. The molecule has 0 aliphatic rings. The number of benzene rings is 2. The van der Waals surface area contributed by atoms with Crippen LogP contribution in [-0.2, 0) is 16.6 Å². The van der Waals surface area contributed by atoms with E-state index in [0.29, 0.717) is 4.90 Å². The maximum atomic E-state index is 12.7. The Morgan fingerprint density at radius 1 is 1.11 bits per heavy atom. The summed E-state index contributed by atoms with van der Waals surface area (Å²) in [5.41, 5.74) is 0.578. The monoisotopic (exact) mass is 412 g/mol. The summed E-state index contributed by atoms with van der Waals surface area (Å²) in [7, 11) is -3.95. The highest BCUT2D eigenvalue weighted by Gasteiger charge is 2.33. The Labute approximate surface area is 161 Å². The molecule has 0 heterocycles. The van der Waals surface area contributed by atoms with E-state index in [1.54, 1.807) is 30.3 Å². The van der Waals surface area contributed by atoms with Gasteiger partial charge in [0.2, 0.25) is 10.0 Å². The molecule has 2 aromatic carbocycles. The first-order chi connectivity index (χ1) is 13.1. The zero-order valence-corrected chi connectivity index (χ0v) is 15.6. The third-order valence-corrected chi connectivity index (χ3v) is 5.11. The number of carbonyl (C=O) groups is 1. The highest BCUT2D eigenvalue weighted by Crippen LogP contribution is 2.19. The van der Waals surface area contributed by atoms with Gasteiger partial charge in [-0.15, -0.1) is 6.58 Å². The first-order valence-corrected chi connectivity index (χ1v) is 9.71. The third kappa shape index (κ3) is 6.21. The summed E-state index contributed by atoms with van der Waals surface area (Å²) in [6.45, 7) is 1.61. The van der Waals surface area contributed by atoms with E-state index in [-0.39, 0.29) is 23.5 Å². The molecular formula is C19H19F3N2O3S. The van der Waals surface area contributed by atoms with Gasteiger partial charge in [0, 0.05) is 18.7 Å². The molecule has 0 saturated heterocycles. The van der Waals surface area contributed by atoms with Crippen LogP contribution < -0.4 is 4.72 Å². The Hall–Kier alpha value is -2.65. The number of sulfonamides is 1. The van der Waals surface area contributed by atoms with E-state index < -0.39 is 28.7 Å². The van der Waals surface area contributed by atoms with Crippen LogP contribution in [0.5, 0.6) is 0 Å². The SMILES string of the molecule is C=CCN(CC(F)(F)F)C(=O)c1cccc(S(=O)(=O)NCc2ccccc2)c1. The summed E-state index contributed by atoms with van der Waals surface area (Å²) in [6.07, 6.45) is -3.41. The lowest BCUT2D eigenvalue weighted by atomic mass is 10.2. The van der Waals surface area contributed by atoms with Crippen LogP contribution in [0, 0.1) is 0 Å². The summed E-state index contributed by atoms with van der Waals surface area (Å²) in [6, 6.07) is 13.7. The maximum absolute atomic E-state index is 12.7. The predicted octanol–water partition coefficient (Wildman–Crippen LogP) is 3.36. The molecule has 0 fully saturated rings. The number of hydrogen-bond donors (Lipinski definition) is 1. The van der Waals surface area contributed by atoms with Crippen LogP contribution >= 0.6 is 0 Å². The van der Waals surface area contributed by atoms with Gasteiger partial charge in [-0.1, -0.05) is 42.5 Å². The Morgan fingerprint density at radius 2 is 1.79 bits per heavy atom. The van der Waals surface area contributed by atoms with Crippen molar-refractivity contribution in [1.82, 2.24) is 9.62 Å². The number of hydrogen-bond acceptors (Lipinski definition) is 3. The van der Waals surface area contributed by atoms with Gasteiger partial charge in [-0.05, 0) is 23.8 Å². The lowest BCUT2D eigenvalue weighted by molar-refractivity contribution is -0.139. The van der Waals surface area contributed by atoms with Gasteiger partial charge in [0.05, 0.1) is 4.90 Å². The molecule has 28 heavy (non-hydrogen) atoms. The molecule has 0 aromatic heterocycles. The molecule has 0 aliphatic carbocycles. The van der Waals surface area contributed by atoms with Crippen LogP contribution in [0.1, 0.15) is 15.9 Å². The van der Waals surface area contributed by atoms with E-state index in [9.17, 15) is 26.4 Å². The standard InChI is InChI=1S/C19H19F3N2O3S/c1-2-11-24(14-19(20,21)22)18(25)16-9-6-10-17(12-16)28(26,27)23-13-15-7-4-3-5-8-15/h2-10,12,23H,1,11,13-14H2. The van der Waals surface area contributed by atoms with E-state index >= 15 is 0 Å². The van der Waals surface area contributed by atoms with Crippen molar-refractivity contribution in [1.29, 1.82) is 0 Å². The summed E-state index contributed by atoms with van der Waals surface area (Å²) in [5.74, 6) is -0.933. The molecule has 0 radical (unpaired) electrons. The average Bonchev–Trinajstić information content (AvgIpc) is 2.65. The van der Waals surface area contributed by atoms with E-state index in [1.165, 1.54) is 24.3 Å². The minimum atomic E-state index is -4.58. The predicted molar refractivity (Wildman–Crippen MR) is 99.1 cm³/mol. The number of rotatable bonds is 8. The van der Waals surface area contributed by atoms with E-state index in [2.05, 4.69) is 11.3 Å². The molecule has 1 N–H and O–H groups in total. The van der Waals surface area contributed by atoms with Crippen LogP contribution in [0.3, 0.4) is 0 Å². The smallest absolute Gasteiger partial charge is 0.326 e. The third-order valence-electron chi connectivity index (χ3n) is 3.71. The molecule has 0 unspecified atom stereocenters. The second kappa shape index (κ2) is 9.03. The van der Waals surface area contributed by atoms with Crippen molar-refractivity contribution in [3.05, 3.63) is 78.4 Å². The Bertz CT molecular complexity index is 929. The molecule has 5 nitrogen and oxygen atoms in total. The number of nitrogens with one attached hydrogen (secondary N) is 1. The Morgan fingerprint density at radius 3 is 2.39 bits per heavy atom. The fourth-order valence-electron chi connectivity index (χ4n) is 2.43. The second-order valence-electron chi connectivity index (χ2n) is 5.93. The quantitative estimate of drug-likeness (QED) is 0.677. The first-order valence-electron chi connectivity index (χ1n) is 8.23. The summed E-state index contributed by atoms with van der Waals surface area (Å²) in [5, 5.41) is 0. The first kappa shape index (κ1) is 21.6. The van der Waals surface area contributed by atoms with Crippen molar-refractivity contribution in [3.8, 4) is 0 Å². The Kier molecular flexibility index (Phi) is 6.98. The number of alkyl halides is 3. The molecular weight excluding hydrogens is 393 g/mol. The molecule has 2 aromatic rings. The normalized spacial score (nSPS) is 11.8. The van der Waals surface area contributed by atoms with Gasteiger partial charge >= 0.3 is 6.18 Å². The van der Waals surface area contributed by atoms with Crippen molar-refractivity contribution in [3.63, 3.8) is 0 Å². The lowest BCUT2D eigenvalue weighted by Crippen LogP contribution is -2.39. The van der Waals surface area contributed by atoms with Gasteiger partial charge in [-0.3, -0.25) is 4.79 Å². The van der Waals surface area contributed by atoms with E-state index in [1.807, 2.05) is 0 Å². The van der Waals surface area contributed by atoms with Crippen LogP contribution in [0.15, 0.2) is 72.1 Å². The van der Waals surface area contributed by atoms with Gasteiger partial charge in [0.15, 0.2) is 0 Å².